The van der Waals surface area contributed by atoms with Crippen molar-refractivity contribution in [1.82, 2.24) is 4.90 Å². The third-order valence-corrected chi connectivity index (χ3v) is 6.58. The van der Waals surface area contributed by atoms with Gasteiger partial charge in [-0.05, 0) is 53.9 Å². The first-order valence-electron chi connectivity index (χ1n) is 11.1. The number of anilines is 1. The van der Waals surface area contributed by atoms with E-state index in [2.05, 4.69) is 74.3 Å². The van der Waals surface area contributed by atoms with Gasteiger partial charge in [0.25, 0.3) is 0 Å². The van der Waals surface area contributed by atoms with Crippen LogP contribution in [-0.4, -0.2) is 44.4 Å². The molecule has 3 aromatic rings. The molecule has 5 nitrogen and oxygen atoms in total. The predicted molar refractivity (Wildman–Crippen MR) is 130 cm³/mol. The lowest BCUT2D eigenvalue weighted by atomic mass is 10.1. The molecule has 2 heterocycles. The molecule has 3 aromatic carbocycles. The fourth-order valence-corrected chi connectivity index (χ4v) is 4.37. The van der Waals surface area contributed by atoms with Crippen LogP contribution in [0.4, 0.5) is 5.69 Å². The molecule has 1 fully saturated rings. The van der Waals surface area contributed by atoms with Gasteiger partial charge in [0, 0.05) is 49.0 Å². The van der Waals surface area contributed by atoms with Crippen LogP contribution in [0.2, 0.25) is 0 Å². The normalized spacial score (nSPS) is 15.7. The van der Waals surface area contributed by atoms with E-state index in [1.54, 1.807) is 0 Å². The quantitative estimate of drug-likeness (QED) is 0.455. The average molecular weight is 495 g/mol. The summed E-state index contributed by atoms with van der Waals surface area (Å²) in [5.74, 6) is 2.31. The molecule has 0 amide bonds. The summed E-state index contributed by atoms with van der Waals surface area (Å²) in [6, 6.07) is 23.1. The van der Waals surface area contributed by atoms with Crippen LogP contribution in [0.15, 0.2) is 71.2 Å². The van der Waals surface area contributed by atoms with Crippen LogP contribution < -0.4 is 19.1 Å². The van der Waals surface area contributed by atoms with Gasteiger partial charge in [-0.15, -0.1) is 0 Å². The Morgan fingerprint density at radius 2 is 1.50 bits per heavy atom. The molecule has 0 atom stereocenters. The fourth-order valence-electron chi connectivity index (χ4n) is 4.10. The summed E-state index contributed by atoms with van der Waals surface area (Å²) in [6.07, 6.45) is 1.07. The number of ether oxygens (including phenoxy) is 3. The Hall–Kier alpha value is -2.70. The molecule has 0 N–H and O–H groups in total. The Balaban J connectivity index is 1.06. The maximum Gasteiger partial charge on any atom is 0.231 e. The van der Waals surface area contributed by atoms with Gasteiger partial charge in [-0.1, -0.05) is 40.2 Å². The van der Waals surface area contributed by atoms with E-state index in [0.717, 1.165) is 66.4 Å². The molecule has 0 unspecified atom stereocenters. The van der Waals surface area contributed by atoms with Gasteiger partial charge in [-0.2, -0.15) is 0 Å². The number of piperazine rings is 1. The lowest BCUT2D eigenvalue weighted by Crippen LogP contribution is -2.46. The lowest BCUT2D eigenvalue weighted by molar-refractivity contribution is 0.173. The van der Waals surface area contributed by atoms with E-state index in [1.807, 2.05) is 18.2 Å². The van der Waals surface area contributed by atoms with Crippen LogP contribution >= 0.6 is 15.9 Å². The van der Waals surface area contributed by atoms with Crippen molar-refractivity contribution in [3.8, 4) is 17.2 Å². The van der Waals surface area contributed by atoms with E-state index in [0.29, 0.717) is 6.61 Å². The first-order valence-corrected chi connectivity index (χ1v) is 11.9. The van der Waals surface area contributed by atoms with E-state index in [-0.39, 0.29) is 6.79 Å². The highest BCUT2D eigenvalue weighted by atomic mass is 79.9. The van der Waals surface area contributed by atoms with Gasteiger partial charge in [0.2, 0.25) is 6.79 Å². The molecule has 2 aliphatic rings. The molecular formula is C26H27BrN2O3. The van der Waals surface area contributed by atoms with Crippen molar-refractivity contribution < 1.29 is 14.2 Å². The van der Waals surface area contributed by atoms with Crippen molar-refractivity contribution in [2.24, 2.45) is 0 Å². The summed E-state index contributed by atoms with van der Waals surface area (Å²) >= 11 is 3.51. The van der Waals surface area contributed by atoms with Crippen LogP contribution in [0, 0.1) is 0 Å². The number of halogens is 1. The van der Waals surface area contributed by atoms with E-state index in [4.69, 9.17) is 14.2 Å². The molecular weight excluding hydrogens is 468 g/mol. The van der Waals surface area contributed by atoms with E-state index in [1.165, 1.54) is 11.3 Å². The molecule has 1 saturated heterocycles. The van der Waals surface area contributed by atoms with Crippen molar-refractivity contribution in [1.29, 1.82) is 0 Å². The summed E-state index contributed by atoms with van der Waals surface area (Å²) in [7, 11) is 0. The zero-order valence-corrected chi connectivity index (χ0v) is 19.6. The second-order valence-electron chi connectivity index (χ2n) is 8.18. The molecule has 32 heavy (non-hydrogen) atoms. The van der Waals surface area contributed by atoms with Crippen molar-refractivity contribution in [3.05, 3.63) is 82.3 Å². The molecule has 0 saturated carbocycles. The Kier molecular flexibility index (Phi) is 6.51. The largest absolute Gasteiger partial charge is 0.489 e. The second kappa shape index (κ2) is 9.84. The summed E-state index contributed by atoms with van der Waals surface area (Å²) < 4.78 is 17.8. The van der Waals surface area contributed by atoms with Gasteiger partial charge < -0.3 is 19.1 Å². The summed E-state index contributed by atoms with van der Waals surface area (Å²) in [5.41, 5.74) is 3.84. The van der Waals surface area contributed by atoms with Crippen molar-refractivity contribution in [2.45, 2.75) is 13.0 Å². The zero-order chi connectivity index (χ0) is 21.8. The average Bonchev–Trinajstić information content (AvgIpc) is 3.31. The number of hydrogen-bond donors (Lipinski definition) is 0. The van der Waals surface area contributed by atoms with E-state index >= 15 is 0 Å². The van der Waals surface area contributed by atoms with Gasteiger partial charge in [-0.3, -0.25) is 4.90 Å². The molecule has 166 valence electrons. The van der Waals surface area contributed by atoms with Crippen LogP contribution in [0.1, 0.15) is 11.1 Å². The Morgan fingerprint density at radius 3 is 2.28 bits per heavy atom. The first-order chi connectivity index (χ1) is 15.7. The molecule has 6 heteroatoms. The highest BCUT2D eigenvalue weighted by Crippen LogP contribution is 2.35. The molecule has 0 bridgehead atoms. The third kappa shape index (κ3) is 5.19. The van der Waals surface area contributed by atoms with Crippen LogP contribution in [0.25, 0.3) is 0 Å². The highest BCUT2D eigenvalue weighted by Gasteiger charge is 2.17. The standard InChI is InChI=1S/C26H27BrN2O3/c27-22-5-7-23(8-6-22)29-15-13-28(14-16-29)12-11-20-1-3-21(4-2-20)18-30-24-9-10-25-26(17-24)32-19-31-25/h1-10,17H,11-16,18-19H2. The van der Waals surface area contributed by atoms with Crippen molar-refractivity contribution in [3.63, 3.8) is 0 Å². The molecule has 0 radical (unpaired) electrons. The number of hydrogen-bond acceptors (Lipinski definition) is 5. The van der Waals surface area contributed by atoms with Gasteiger partial charge >= 0.3 is 0 Å². The highest BCUT2D eigenvalue weighted by molar-refractivity contribution is 9.10. The van der Waals surface area contributed by atoms with Gasteiger partial charge in [0.1, 0.15) is 12.4 Å². The summed E-state index contributed by atoms with van der Waals surface area (Å²) in [6.45, 7) is 6.30. The Bertz CT molecular complexity index is 1030. The van der Waals surface area contributed by atoms with Gasteiger partial charge in [-0.25, -0.2) is 0 Å². The Labute approximate surface area is 197 Å². The summed E-state index contributed by atoms with van der Waals surface area (Å²) in [4.78, 5) is 5.03. The predicted octanol–water partition coefficient (Wildman–Crippen LogP) is 5.12. The van der Waals surface area contributed by atoms with Crippen LogP contribution in [0.5, 0.6) is 17.2 Å². The zero-order valence-electron chi connectivity index (χ0n) is 18.0. The number of fused-ring (bicyclic) bond motifs is 1. The molecule has 0 aliphatic carbocycles. The van der Waals surface area contributed by atoms with E-state index in [9.17, 15) is 0 Å². The summed E-state index contributed by atoms with van der Waals surface area (Å²) in [5, 5.41) is 0. The topological polar surface area (TPSA) is 34.2 Å². The molecule has 2 aliphatic heterocycles. The molecule has 5 rings (SSSR count). The van der Waals surface area contributed by atoms with Crippen molar-refractivity contribution >= 4 is 21.6 Å². The monoisotopic (exact) mass is 494 g/mol. The smallest absolute Gasteiger partial charge is 0.231 e. The maximum atomic E-state index is 5.91. The van der Waals surface area contributed by atoms with Crippen LogP contribution in [0.3, 0.4) is 0 Å². The minimum absolute atomic E-state index is 0.279. The Morgan fingerprint density at radius 1 is 0.781 bits per heavy atom. The van der Waals surface area contributed by atoms with Gasteiger partial charge in [0.15, 0.2) is 11.5 Å². The first kappa shape index (κ1) is 21.2. The van der Waals surface area contributed by atoms with Gasteiger partial charge in [0.05, 0.1) is 0 Å². The molecule has 0 spiro atoms. The van der Waals surface area contributed by atoms with Crippen molar-refractivity contribution in [2.75, 3.05) is 44.4 Å². The minimum Gasteiger partial charge on any atom is -0.489 e. The van der Waals surface area contributed by atoms with Crippen LogP contribution in [-0.2, 0) is 13.0 Å². The van der Waals surface area contributed by atoms with E-state index < -0.39 is 0 Å². The number of rotatable bonds is 7. The third-order valence-electron chi connectivity index (χ3n) is 6.05. The number of benzene rings is 3. The SMILES string of the molecule is Brc1ccc(N2CCN(CCc3ccc(COc4ccc5c(c4)OCO5)cc3)CC2)cc1. The lowest BCUT2D eigenvalue weighted by Gasteiger charge is -2.36. The number of nitrogens with zero attached hydrogens (tertiary/aromatic N) is 2. The fraction of sp³-hybridized carbons (Fsp3) is 0.308. The second-order valence-corrected chi connectivity index (χ2v) is 9.09. The maximum absolute atomic E-state index is 5.91. The molecule has 0 aromatic heterocycles. The minimum atomic E-state index is 0.279.